The maximum Gasteiger partial charge on any atom is 0.171 e. The Morgan fingerprint density at radius 1 is 1.20 bits per heavy atom. The molecule has 0 aliphatic carbocycles. The third kappa shape index (κ3) is 2.41. The molecule has 0 saturated heterocycles. The number of rotatable bonds is 2. The van der Waals surface area contributed by atoms with Crippen LogP contribution in [-0.2, 0) is 0 Å². The quantitative estimate of drug-likeness (QED) is 0.851. The largest absolute Gasteiger partial charge is 0.338 e. The van der Waals surface area contributed by atoms with E-state index in [1.807, 2.05) is 0 Å². The lowest BCUT2D eigenvalue weighted by molar-refractivity contribution is 0.628. The average molecular weight is 224 g/mol. The summed E-state index contributed by atoms with van der Waals surface area (Å²) in [7, 11) is 0. The molecule has 0 atom stereocenters. The lowest BCUT2D eigenvalue weighted by Crippen LogP contribution is -1.95. The number of nitrogens with one attached hydrogen (secondary N) is 1. The van der Waals surface area contributed by atoms with Crippen LogP contribution in [0.2, 0.25) is 5.15 Å². The Balaban J connectivity index is 2.26. The Bertz CT molecular complexity index is 476. The molecule has 0 amide bonds. The van der Waals surface area contributed by atoms with E-state index in [1.54, 1.807) is 12.1 Å². The molecule has 0 aliphatic heterocycles. The van der Waals surface area contributed by atoms with Crippen molar-refractivity contribution >= 4 is 23.1 Å². The van der Waals surface area contributed by atoms with Crippen LogP contribution in [-0.4, -0.2) is 9.97 Å². The third-order valence-corrected chi connectivity index (χ3v) is 2.02. The molecule has 15 heavy (non-hydrogen) atoms. The monoisotopic (exact) mass is 223 g/mol. The topological polar surface area (TPSA) is 37.8 Å². The Hall–Kier alpha value is -1.68. The molecule has 0 spiro atoms. The number of anilines is 2. The van der Waals surface area contributed by atoms with Crippen LogP contribution in [0.5, 0.6) is 0 Å². The fourth-order valence-electron chi connectivity index (χ4n) is 1.11. The first-order chi connectivity index (χ1) is 7.25. The zero-order valence-corrected chi connectivity index (χ0v) is 8.37. The van der Waals surface area contributed by atoms with Crippen LogP contribution in [0.4, 0.5) is 15.9 Å². The van der Waals surface area contributed by atoms with Crippen LogP contribution in [0.15, 0.2) is 36.7 Å². The molecule has 1 heterocycles. The van der Waals surface area contributed by atoms with E-state index >= 15 is 0 Å². The number of halogens is 2. The second-order valence-corrected chi connectivity index (χ2v) is 3.19. The molecular weight excluding hydrogens is 217 g/mol. The van der Waals surface area contributed by atoms with Crippen molar-refractivity contribution in [2.45, 2.75) is 0 Å². The number of nitrogens with zero attached hydrogens (tertiary/aromatic N) is 2. The molecule has 0 radical (unpaired) electrons. The molecule has 0 bridgehead atoms. The molecule has 0 unspecified atom stereocenters. The minimum absolute atomic E-state index is 0.252. The summed E-state index contributed by atoms with van der Waals surface area (Å²) in [5.74, 6) is 0.0878. The standard InChI is InChI=1S/C10H7ClFN3/c11-9-10(14-5-4-13-9)15-8-3-1-2-7(12)6-8/h1-6H,(H,14,15). The van der Waals surface area contributed by atoms with Gasteiger partial charge in [-0.2, -0.15) is 0 Å². The van der Waals surface area contributed by atoms with Gasteiger partial charge in [0.05, 0.1) is 0 Å². The summed E-state index contributed by atoms with van der Waals surface area (Å²) in [4.78, 5) is 7.82. The van der Waals surface area contributed by atoms with E-state index in [1.165, 1.54) is 24.5 Å². The molecule has 0 saturated carbocycles. The van der Waals surface area contributed by atoms with Gasteiger partial charge in [-0.15, -0.1) is 0 Å². The molecule has 2 aromatic rings. The fourth-order valence-corrected chi connectivity index (χ4v) is 1.26. The zero-order chi connectivity index (χ0) is 10.7. The van der Waals surface area contributed by atoms with Crippen molar-refractivity contribution in [2.24, 2.45) is 0 Å². The Labute approximate surface area is 90.9 Å². The molecule has 0 aliphatic rings. The van der Waals surface area contributed by atoms with Crippen LogP contribution in [0.1, 0.15) is 0 Å². The maximum atomic E-state index is 12.9. The van der Waals surface area contributed by atoms with Gasteiger partial charge in [-0.3, -0.25) is 0 Å². The highest BCUT2D eigenvalue weighted by Gasteiger charge is 2.02. The molecule has 1 aromatic carbocycles. The second-order valence-electron chi connectivity index (χ2n) is 2.83. The first-order valence-corrected chi connectivity index (χ1v) is 4.62. The summed E-state index contributed by atoms with van der Waals surface area (Å²) in [6.07, 6.45) is 2.99. The molecule has 1 N–H and O–H groups in total. The number of benzene rings is 1. The highest BCUT2D eigenvalue weighted by atomic mass is 35.5. The first kappa shape index (κ1) is 9.86. The first-order valence-electron chi connectivity index (χ1n) is 4.25. The Morgan fingerprint density at radius 2 is 2.00 bits per heavy atom. The Kier molecular flexibility index (Phi) is 2.78. The van der Waals surface area contributed by atoms with E-state index in [0.717, 1.165) is 0 Å². The molecule has 2 rings (SSSR count). The lowest BCUT2D eigenvalue weighted by atomic mass is 10.3. The highest BCUT2D eigenvalue weighted by molar-refractivity contribution is 6.31. The van der Waals surface area contributed by atoms with Crippen LogP contribution in [0.3, 0.4) is 0 Å². The van der Waals surface area contributed by atoms with Crippen LogP contribution in [0.25, 0.3) is 0 Å². The molecule has 0 fully saturated rings. The van der Waals surface area contributed by atoms with Crippen LogP contribution >= 0.6 is 11.6 Å². The summed E-state index contributed by atoms with van der Waals surface area (Å²) < 4.78 is 12.9. The molecule has 76 valence electrons. The van der Waals surface area contributed by atoms with Gasteiger partial charge in [-0.25, -0.2) is 14.4 Å². The predicted octanol–water partition coefficient (Wildman–Crippen LogP) is 3.01. The minimum Gasteiger partial charge on any atom is -0.338 e. The van der Waals surface area contributed by atoms with Crippen molar-refractivity contribution in [1.29, 1.82) is 0 Å². The van der Waals surface area contributed by atoms with Crippen molar-refractivity contribution in [3.05, 3.63) is 47.6 Å². The predicted molar refractivity (Wildman–Crippen MR) is 56.7 cm³/mol. The van der Waals surface area contributed by atoms with E-state index in [9.17, 15) is 4.39 Å². The Morgan fingerprint density at radius 3 is 2.73 bits per heavy atom. The fraction of sp³-hybridized carbons (Fsp3) is 0. The normalized spacial score (nSPS) is 10.0. The summed E-state index contributed by atoms with van der Waals surface area (Å²) in [5, 5.41) is 3.12. The van der Waals surface area contributed by atoms with Crippen molar-refractivity contribution in [2.75, 3.05) is 5.32 Å². The van der Waals surface area contributed by atoms with E-state index in [0.29, 0.717) is 11.5 Å². The number of hydrogen-bond acceptors (Lipinski definition) is 3. The zero-order valence-electron chi connectivity index (χ0n) is 7.61. The van der Waals surface area contributed by atoms with Gasteiger partial charge in [-0.05, 0) is 18.2 Å². The number of hydrogen-bond donors (Lipinski definition) is 1. The van der Waals surface area contributed by atoms with Gasteiger partial charge >= 0.3 is 0 Å². The SMILES string of the molecule is Fc1cccc(Nc2nccnc2Cl)c1. The summed E-state index contributed by atoms with van der Waals surface area (Å²) in [5.41, 5.74) is 0.581. The molecule has 3 nitrogen and oxygen atoms in total. The molecule has 5 heteroatoms. The van der Waals surface area contributed by atoms with Crippen molar-refractivity contribution < 1.29 is 4.39 Å². The van der Waals surface area contributed by atoms with Crippen molar-refractivity contribution in [3.63, 3.8) is 0 Å². The summed E-state index contributed by atoms with van der Waals surface area (Å²) in [6, 6.07) is 6.03. The molecule has 1 aromatic heterocycles. The van der Waals surface area contributed by atoms with Crippen LogP contribution < -0.4 is 5.32 Å². The van der Waals surface area contributed by atoms with E-state index in [-0.39, 0.29) is 11.0 Å². The van der Waals surface area contributed by atoms with Gasteiger partial charge in [0.25, 0.3) is 0 Å². The third-order valence-electron chi connectivity index (χ3n) is 1.74. The highest BCUT2D eigenvalue weighted by Crippen LogP contribution is 2.20. The van der Waals surface area contributed by atoms with Gasteiger partial charge in [0.2, 0.25) is 0 Å². The van der Waals surface area contributed by atoms with E-state index < -0.39 is 0 Å². The van der Waals surface area contributed by atoms with Gasteiger partial charge in [-0.1, -0.05) is 17.7 Å². The second kappa shape index (κ2) is 4.23. The minimum atomic E-state index is -0.319. The number of aromatic nitrogens is 2. The van der Waals surface area contributed by atoms with Crippen molar-refractivity contribution in [1.82, 2.24) is 9.97 Å². The van der Waals surface area contributed by atoms with Crippen molar-refractivity contribution in [3.8, 4) is 0 Å². The average Bonchev–Trinajstić information content (AvgIpc) is 2.22. The van der Waals surface area contributed by atoms with Gasteiger partial charge in [0.15, 0.2) is 11.0 Å². The maximum absolute atomic E-state index is 12.9. The van der Waals surface area contributed by atoms with Gasteiger partial charge in [0, 0.05) is 18.1 Å². The van der Waals surface area contributed by atoms with Gasteiger partial charge < -0.3 is 5.32 Å². The molecular formula is C10H7ClFN3. The lowest BCUT2D eigenvalue weighted by Gasteiger charge is -2.05. The summed E-state index contributed by atoms with van der Waals surface area (Å²) >= 11 is 5.78. The summed E-state index contributed by atoms with van der Waals surface area (Å²) in [6.45, 7) is 0. The van der Waals surface area contributed by atoms with E-state index in [4.69, 9.17) is 11.6 Å². The van der Waals surface area contributed by atoms with Gasteiger partial charge in [0.1, 0.15) is 5.82 Å². The van der Waals surface area contributed by atoms with Crippen LogP contribution in [0, 0.1) is 5.82 Å². The smallest absolute Gasteiger partial charge is 0.171 e. The van der Waals surface area contributed by atoms with E-state index in [2.05, 4.69) is 15.3 Å².